The van der Waals surface area contributed by atoms with Crippen LogP contribution in [0.2, 0.25) is 0 Å². The van der Waals surface area contributed by atoms with Crippen molar-refractivity contribution < 1.29 is 19.4 Å². The van der Waals surface area contributed by atoms with E-state index in [-0.39, 0.29) is 58.2 Å². The molecule has 3 aliphatic heterocycles. The first kappa shape index (κ1) is 31.3. The van der Waals surface area contributed by atoms with Gasteiger partial charge in [-0.2, -0.15) is 11.8 Å². The molecule has 238 valence electrons. The molecule has 1 aromatic rings. The Hall–Kier alpha value is -1.66. The number of halogens is 1. The second-order valence-corrected chi connectivity index (χ2v) is 15.3. The standard InChI is InChI=1S/C31H46ClN5O5S/c1-17-12-22(29-28(33-17)24(16-43-29)31(40)41)21-13-19(32)4-7-26(21)42-11-10-37-18(2)34-25-6-5-20(14-23(25)30(37)39)36-9-8-35(3)27(38)15-36/h17,19-22,24,26,28-29,33H,4-16H2,1-3H3,(H,40,41). The van der Waals surface area contributed by atoms with Gasteiger partial charge in [-0.25, -0.2) is 4.98 Å². The van der Waals surface area contributed by atoms with Crippen LogP contribution in [0.4, 0.5) is 0 Å². The van der Waals surface area contributed by atoms with Crippen LogP contribution in [0.1, 0.15) is 56.1 Å². The predicted octanol–water partition coefficient (Wildman–Crippen LogP) is 2.16. The van der Waals surface area contributed by atoms with Gasteiger partial charge in [0.1, 0.15) is 5.82 Å². The topological polar surface area (TPSA) is 117 Å². The number of hydrogen-bond donors (Lipinski definition) is 2. The van der Waals surface area contributed by atoms with E-state index >= 15 is 0 Å². The lowest BCUT2D eigenvalue weighted by atomic mass is 9.70. The number of nitrogens with zero attached hydrogens (tertiary/aromatic N) is 4. The first-order valence-electron chi connectivity index (χ1n) is 16.0. The first-order valence-corrected chi connectivity index (χ1v) is 17.5. The monoisotopic (exact) mass is 635 g/mol. The molecule has 1 aromatic heterocycles. The van der Waals surface area contributed by atoms with E-state index in [1.807, 2.05) is 14.0 Å². The molecule has 1 amide bonds. The number of amides is 1. The largest absolute Gasteiger partial charge is 0.481 e. The number of alkyl halides is 1. The van der Waals surface area contributed by atoms with Crippen molar-refractivity contribution in [2.24, 2.45) is 17.8 Å². The van der Waals surface area contributed by atoms with E-state index in [0.29, 0.717) is 37.8 Å². The molecule has 2 aliphatic carbocycles. The number of carbonyl (C=O) groups excluding carboxylic acids is 1. The highest BCUT2D eigenvalue weighted by Gasteiger charge is 2.51. The van der Waals surface area contributed by atoms with Gasteiger partial charge in [-0.1, -0.05) is 0 Å². The molecular weight excluding hydrogens is 590 g/mol. The Balaban J connectivity index is 1.13. The number of piperazine rings is 1. The maximum atomic E-state index is 13.8. The molecule has 6 rings (SSSR count). The van der Waals surface area contributed by atoms with Gasteiger partial charge in [-0.15, -0.1) is 11.6 Å². The Kier molecular flexibility index (Phi) is 9.46. The number of hydrogen-bond acceptors (Lipinski definition) is 8. The molecule has 10 nitrogen and oxygen atoms in total. The Morgan fingerprint density at radius 3 is 2.77 bits per heavy atom. The number of aliphatic carboxylic acids is 1. The Labute approximate surface area is 263 Å². The van der Waals surface area contributed by atoms with Gasteiger partial charge in [-0.3, -0.25) is 23.9 Å². The third-order valence-electron chi connectivity index (χ3n) is 10.8. The molecule has 3 saturated heterocycles. The molecule has 0 spiro atoms. The van der Waals surface area contributed by atoms with Crippen LogP contribution in [0.25, 0.3) is 0 Å². The minimum absolute atomic E-state index is 0.0226. The van der Waals surface area contributed by atoms with Gasteiger partial charge in [0.15, 0.2) is 0 Å². The predicted molar refractivity (Wildman–Crippen MR) is 167 cm³/mol. The fraction of sp³-hybridized carbons (Fsp3) is 0.806. The molecule has 1 saturated carbocycles. The average molecular weight is 636 g/mol. The number of nitrogens with one attached hydrogen (secondary N) is 1. The Bertz CT molecular complexity index is 1280. The van der Waals surface area contributed by atoms with Crippen molar-refractivity contribution in [3.63, 3.8) is 0 Å². The highest BCUT2D eigenvalue weighted by molar-refractivity contribution is 8.00. The smallest absolute Gasteiger partial charge is 0.308 e. The summed E-state index contributed by atoms with van der Waals surface area (Å²) < 4.78 is 8.38. The van der Waals surface area contributed by atoms with Crippen LogP contribution in [0.15, 0.2) is 4.79 Å². The van der Waals surface area contributed by atoms with E-state index < -0.39 is 5.97 Å². The van der Waals surface area contributed by atoms with Gasteiger partial charge >= 0.3 is 5.97 Å². The zero-order valence-electron chi connectivity index (χ0n) is 25.5. The molecule has 43 heavy (non-hydrogen) atoms. The number of piperidine rings is 1. The number of carboxylic acid groups (broad SMARTS) is 1. The number of carboxylic acids is 1. The summed E-state index contributed by atoms with van der Waals surface area (Å²) in [5, 5.41) is 13.8. The lowest BCUT2D eigenvalue weighted by Gasteiger charge is -2.47. The lowest BCUT2D eigenvalue weighted by molar-refractivity contribution is -0.142. The summed E-state index contributed by atoms with van der Waals surface area (Å²) in [7, 11) is 1.85. The van der Waals surface area contributed by atoms with E-state index in [1.165, 1.54) is 0 Å². The van der Waals surface area contributed by atoms with Crippen LogP contribution in [-0.2, 0) is 33.7 Å². The van der Waals surface area contributed by atoms with Gasteiger partial charge in [0.25, 0.3) is 5.56 Å². The summed E-state index contributed by atoms with van der Waals surface area (Å²) >= 11 is 8.52. The number of thioether (sulfide) groups is 1. The fourth-order valence-electron chi connectivity index (χ4n) is 8.38. The second kappa shape index (κ2) is 13.0. The Morgan fingerprint density at radius 1 is 1.19 bits per heavy atom. The van der Waals surface area contributed by atoms with Crippen LogP contribution in [0, 0.1) is 24.7 Å². The summed E-state index contributed by atoms with van der Waals surface area (Å²) in [6, 6.07) is 0.408. The molecule has 9 unspecified atom stereocenters. The molecular formula is C31H46ClN5O5S. The second-order valence-electron chi connectivity index (χ2n) is 13.4. The maximum Gasteiger partial charge on any atom is 0.308 e. The summed E-state index contributed by atoms with van der Waals surface area (Å²) in [4.78, 5) is 46.9. The van der Waals surface area contributed by atoms with Gasteiger partial charge in [-0.05, 0) is 70.6 Å². The van der Waals surface area contributed by atoms with Gasteiger partial charge < -0.3 is 20.1 Å². The number of fused-ring (bicyclic) bond motifs is 2. The quantitative estimate of drug-likeness (QED) is 0.435. The highest BCUT2D eigenvalue weighted by atomic mass is 35.5. The molecule has 12 heteroatoms. The van der Waals surface area contributed by atoms with Crippen LogP contribution in [-0.4, -0.2) is 110 Å². The molecule has 9 atom stereocenters. The number of rotatable bonds is 7. The first-order chi connectivity index (χ1) is 20.6. The number of likely N-dealkylation sites (N-methyl/N-ethyl adjacent to an activating group) is 1. The van der Waals surface area contributed by atoms with Crippen LogP contribution < -0.4 is 10.9 Å². The van der Waals surface area contributed by atoms with Crippen molar-refractivity contribution in [1.29, 1.82) is 0 Å². The van der Waals surface area contributed by atoms with E-state index in [4.69, 9.17) is 21.3 Å². The van der Waals surface area contributed by atoms with E-state index in [1.54, 1.807) is 21.2 Å². The van der Waals surface area contributed by atoms with E-state index in [2.05, 4.69) is 17.1 Å². The molecule has 4 fully saturated rings. The molecule has 0 aromatic carbocycles. The number of aromatic nitrogens is 2. The fourth-order valence-corrected chi connectivity index (χ4v) is 10.5. The van der Waals surface area contributed by atoms with Crippen molar-refractivity contribution in [2.75, 3.05) is 39.0 Å². The Morgan fingerprint density at radius 2 is 2.00 bits per heavy atom. The van der Waals surface area contributed by atoms with Crippen LogP contribution >= 0.6 is 23.4 Å². The summed E-state index contributed by atoms with van der Waals surface area (Å²) in [6.07, 6.45) is 5.98. The van der Waals surface area contributed by atoms with Gasteiger partial charge in [0.05, 0.1) is 37.4 Å². The summed E-state index contributed by atoms with van der Waals surface area (Å²) in [5.41, 5.74) is 1.71. The van der Waals surface area contributed by atoms with E-state index in [0.717, 1.165) is 68.7 Å². The zero-order valence-corrected chi connectivity index (χ0v) is 27.1. The van der Waals surface area contributed by atoms with Crippen LogP contribution in [0.3, 0.4) is 0 Å². The van der Waals surface area contributed by atoms with Gasteiger partial charge in [0.2, 0.25) is 5.91 Å². The number of aryl methyl sites for hydroxylation is 2. The highest BCUT2D eigenvalue weighted by Crippen LogP contribution is 2.48. The average Bonchev–Trinajstić information content (AvgIpc) is 3.40. The minimum Gasteiger partial charge on any atom is -0.481 e. The lowest BCUT2D eigenvalue weighted by Crippen LogP contribution is -2.57. The number of ether oxygens (including phenoxy) is 1. The zero-order chi connectivity index (χ0) is 30.4. The van der Waals surface area contributed by atoms with Crippen molar-refractivity contribution in [3.8, 4) is 0 Å². The molecule has 0 radical (unpaired) electrons. The van der Waals surface area contributed by atoms with Crippen molar-refractivity contribution in [3.05, 3.63) is 27.4 Å². The third kappa shape index (κ3) is 6.39. The molecule has 4 heterocycles. The van der Waals surface area contributed by atoms with E-state index in [9.17, 15) is 19.5 Å². The number of carbonyl (C=O) groups is 2. The summed E-state index contributed by atoms with van der Waals surface area (Å²) in [5.74, 6) is 1.03. The molecule has 0 bridgehead atoms. The van der Waals surface area contributed by atoms with Gasteiger partial charge in [0, 0.05) is 60.2 Å². The normalized spacial score (nSPS) is 36.8. The van der Waals surface area contributed by atoms with Crippen LogP contribution in [0.5, 0.6) is 0 Å². The SMILES string of the molecule is Cc1nc2c(c(=O)n1CCOC1CCC(Cl)CC1C1CC(C)NC3C(C(=O)O)CSC13)CC(N1CCN(C)C(=O)C1)CC2. The summed E-state index contributed by atoms with van der Waals surface area (Å²) in [6.45, 7) is 6.90. The maximum absolute atomic E-state index is 13.8. The molecule has 5 aliphatic rings. The van der Waals surface area contributed by atoms with Crippen molar-refractivity contribution in [1.82, 2.24) is 24.7 Å². The van der Waals surface area contributed by atoms with Crippen molar-refractivity contribution in [2.45, 2.75) is 100 Å². The third-order valence-corrected chi connectivity index (χ3v) is 12.7. The minimum atomic E-state index is -0.713. The molecule has 2 N–H and O–H groups in total. The van der Waals surface area contributed by atoms with Crippen molar-refractivity contribution >= 4 is 35.2 Å².